The predicted octanol–water partition coefficient (Wildman–Crippen LogP) is 4.60. The van der Waals surface area contributed by atoms with E-state index in [9.17, 15) is 4.79 Å². The van der Waals surface area contributed by atoms with Gasteiger partial charge in [-0.25, -0.2) is 0 Å². The van der Waals surface area contributed by atoms with Gasteiger partial charge in [-0.15, -0.1) is 10.2 Å². The van der Waals surface area contributed by atoms with Crippen molar-refractivity contribution in [3.8, 4) is 10.6 Å². The van der Waals surface area contributed by atoms with E-state index in [4.69, 9.17) is 23.8 Å². The van der Waals surface area contributed by atoms with Gasteiger partial charge in [0.2, 0.25) is 10.9 Å². The van der Waals surface area contributed by atoms with E-state index in [2.05, 4.69) is 25.9 Å². The first-order chi connectivity index (χ1) is 15.0. The van der Waals surface area contributed by atoms with Crippen molar-refractivity contribution < 1.29 is 4.79 Å². The van der Waals surface area contributed by atoms with Crippen LogP contribution in [0.1, 0.15) is 18.3 Å². The van der Waals surface area contributed by atoms with Crippen molar-refractivity contribution in [2.24, 2.45) is 0 Å². The third-order valence-corrected chi connectivity index (χ3v) is 5.68. The van der Waals surface area contributed by atoms with E-state index < -0.39 is 0 Å². The zero-order valence-electron chi connectivity index (χ0n) is 16.4. The summed E-state index contributed by atoms with van der Waals surface area (Å²) in [5, 5.41) is 20.2. The molecule has 0 fully saturated rings. The van der Waals surface area contributed by atoms with Crippen LogP contribution in [0.2, 0.25) is 5.02 Å². The van der Waals surface area contributed by atoms with Crippen molar-refractivity contribution in [1.29, 1.82) is 0 Å². The van der Waals surface area contributed by atoms with Crippen LogP contribution in [0.5, 0.6) is 0 Å². The summed E-state index contributed by atoms with van der Waals surface area (Å²) >= 11 is 12.6. The number of anilines is 1. The number of aryl methyl sites for hydroxylation is 1. The molecule has 0 saturated heterocycles. The molecule has 0 unspecified atom stereocenters. The minimum atomic E-state index is -0.329. The molecule has 0 aliphatic heterocycles. The number of carbonyl (C=O) groups is 1. The molecule has 2 aromatic carbocycles. The van der Waals surface area contributed by atoms with E-state index >= 15 is 0 Å². The minimum absolute atomic E-state index is 0.203. The number of carbonyl (C=O) groups excluding carboxylic acids is 1. The van der Waals surface area contributed by atoms with Crippen LogP contribution in [0.25, 0.3) is 21.6 Å². The van der Waals surface area contributed by atoms with Crippen LogP contribution in [0.15, 0.2) is 54.6 Å². The summed E-state index contributed by atoms with van der Waals surface area (Å²) in [4.78, 5) is 12.9. The van der Waals surface area contributed by atoms with Crippen LogP contribution in [0.4, 0.5) is 5.69 Å². The number of thiocarbonyl (C=S) groups is 1. The summed E-state index contributed by atoms with van der Waals surface area (Å²) in [5.41, 5.74) is 2.52. The Hall–Kier alpha value is -3.14. The Bertz CT molecular complexity index is 1280. The predicted molar refractivity (Wildman–Crippen MR) is 128 cm³/mol. The quantitative estimate of drug-likeness (QED) is 0.329. The lowest BCUT2D eigenvalue weighted by Gasteiger charge is -2.09. The highest BCUT2D eigenvalue weighted by molar-refractivity contribution is 7.80. The van der Waals surface area contributed by atoms with Crippen LogP contribution < -0.4 is 10.6 Å². The second-order valence-electron chi connectivity index (χ2n) is 6.48. The molecule has 156 valence electrons. The van der Waals surface area contributed by atoms with E-state index in [1.165, 1.54) is 17.4 Å². The second kappa shape index (κ2) is 9.34. The molecular formula is C21H17ClN6OS2. The highest BCUT2D eigenvalue weighted by Gasteiger charge is 2.12. The number of hydrogen-bond acceptors (Lipinski definition) is 6. The average Bonchev–Trinajstić information content (AvgIpc) is 3.34. The normalized spacial score (nSPS) is 11.2. The molecular weight excluding hydrogens is 452 g/mol. The van der Waals surface area contributed by atoms with Crippen molar-refractivity contribution in [2.75, 3.05) is 5.32 Å². The Kier molecular flexibility index (Phi) is 6.36. The van der Waals surface area contributed by atoms with E-state index in [-0.39, 0.29) is 11.0 Å². The smallest absolute Gasteiger partial charge is 0.250 e. The summed E-state index contributed by atoms with van der Waals surface area (Å²) in [6.45, 7) is 2.01. The molecule has 0 saturated carbocycles. The molecule has 2 aromatic heterocycles. The molecule has 4 rings (SSSR count). The number of rotatable bonds is 5. The van der Waals surface area contributed by atoms with Gasteiger partial charge in [-0.3, -0.25) is 10.1 Å². The van der Waals surface area contributed by atoms with Gasteiger partial charge in [-0.1, -0.05) is 54.1 Å². The van der Waals surface area contributed by atoms with Gasteiger partial charge in [0.15, 0.2) is 10.9 Å². The molecule has 2 heterocycles. The second-order valence-corrected chi connectivity index (χ2v) is 8.28. The zero-order chi connectivity index (χ0) is 21.8. The average molecular weight is 469 g/mol. The van der Waals surface area contributed by atoms with Gasteiger partial charge in [-0.05, 0) is 48.1 Å². The highest BCUT2D eigenvalue weighted by atomic mass is 35.5. The number of amides is 1. The number of benzene rings is 2. The maximum atomic E-state index is 12.1. The Labute approximate surface area is 192 Å². The molecule has 0 spiro atoms. The molecule has 0 bridgehead atoms. The number of hydrogen-bond donors (Lipinski definition) is 2. The van der Waals surface area contributed by atoms with E-state index in [0.29, 0.717) is 5.02 Å². The number of nitrogens with one attached hydrogen (secondary N) is 2. The van der Waals surface area contributed by atoms with Gasteiger partial charge in [0.25, 0.3) is 0 Å². The standard InChI is InChI=1S/C21H17ClN6OS2/c1-2-17-25-26-21-28(17)27-19(31-21)14-4-3-5-16(12-14)23-20(30)24-18(29)11-8-13-6-9-15(22)10-7-13/h3-12H,2H2,1H3,(H2,23,24,29,30)/b11-8+. The molecule has 0 radical (unpaired) electrons. The fraction of sp³-hybridized carbons (Fsp3) is 0.0952. The lowest BCUT2D eigenvalue weighted by Crippen LogP contribution is -2.32. The highest BCUT2D eigenvalue weighted by Crippen LogP contribution is 2.27. The maximum absolute atomic E-state index is 12.1. The van der Waals surface area contributed by atoms with Crippen LogP contribution in [0.3, 0.4) is 0 Å². The lowest BCUT2D eigenvalue weighted by atomic mass is 10.2. The molecule has 31 heavy (non-hydrogen) atoms. The topological polar surface area (TPSA) is 84.2 Å². The summed E-state index contributed by atoms with van der Waals surface area (Å²) in [7, 11) is 0. The first kappa shape index (κ1) is 21.1. The number of fused-ring (bicyclic) bond motifs is 1. The van der Waals surface area contributed by atoms with Crippen molar-refractivity contribution in [1.82, 2.24) is 25.1 Å². The molecule has 0 aliphatic carbocycles. The van der Waals surface area contributed by atoms with Crippen LogP contribution in [-0.2, 0) is 11.2 Å². The van der Waals surface area contributed by atoms with Gasteiger partial charge in [-0.2, -0.15) is 9.61 Å². The van der Waals surface area contributed by atoms with Crippen molar-refractivity contribution >= 4 is 62.9 Å². The lowest BCUT2D eigenvalue weighted by molar-refractivity contribution is -0.115. The molecule has 0 aliphatic rings. The van der Waals surface area contributed by atoms with Crippen LogP contribution in [-0.4, -0.2) is 30.8 Å². The summed E-state index contributed by atoms with van der Waals surface area (Å²) < 4.78 is 1.76. The van der Waals surface area contributed by atoms with Gasteiger partial charge in [0, 0.05) is 28.8 Å². The van der Waals surface area contributed by atoms with E-state index in [0.717, 1.165) is 39.0 Å². The Morgan fingerprint density at radius 3 is 2.81 bits per heavy atom. The van der Waals surface area contributed by atoms with Gasteiger partial charge < -0.3 is 5.32 Å². The molecule has 7 nitrogen and oxygen atoms in total. The third kappa shape index (κ3) is 5.13. The molecule has 0 atom stereocenters. The Balaban J connectivity index is 1.40. The van der Waals surface area contributed by atoms with Crippen LogP contribution in [0, 0.1) is 0 Å². The molecule has 1 amide bonds. The van der Waals surface area contributed by atoms with Crippen LogP contribution >= 0.6 is 35.2 Å². The fourth-order valence-electron chi connectivity index (χ4n) is 2.79. The van der Waals surface area contributed by atoms with E-state index in [1.807, 2.05) is 43.3 Å². The van der Waals surface area contributed by atoms with Gasteiger partial charge >= 0.3 is 0 Å². The molecule has 2 N–H and O–H groups in total. The van der Waals surface area contributed by atoms with Gasteiger partial charge in [0.05, 0.1) is 0 Å². The molecule has 4 aromatic rings. The summed E-state index contributed by atoms with van der Waals surface area (Å²) in [6.07, 6.45) is 3.86. The number of halogens is 1. The monoisotopic (exact) mass is 468 g/mol. The summed E-state index contributed by atoms with van der Waals surface area (Å²) in [5.74, 6) is 0.492. The fourth-order valence-corrected chi connectivity index (χ4v) is 3.99. The first-order valence-electron chi connectivity index (χ1n) is 9.39. The first-order valence-corrected chi connectivity index (χ1v) is 11.0. The minimum Gasteiger partial charge on any atom is -0.332 e. The maximum Gasteiger partial charge on any atom is 0.250 e. The van der Waals surface area contributed by atoms with E-state index in [1.54, 1.807) is 22.7 Å². The SMILES string of the molecule is CCc1nnc2sc(-c3cccc(NC(=S)NC(=O)/C=C/c4ccc(Cl)cc4)c3)nn12. The van der Waals surface area contributed by atoms with Crippen molar-refractivity contribution in [3.05, 3.63) is 71.0 Å². The Morgan fingerprint density at radius 2 is 2.03 bits per heavy atom. The Morgan fingerprint density at radius 1 is 1.23 bits per heavy atom. The van der Waals surface area contributed by atoms with Crippen molar-refractivity contribution in [2.45, 2.75) is 13.3 Å². The zero-order valence-corrected chi connectivity index (χ0v) is 18.8. The van der Waals surface area contributed by atoms with Gasteiger partial charge in [0.1, 0.15) is 5.01 Å². The number of nitrogens with zero attached hydrogens (tertiary/aromatic N) is 4. The largest absolute Gasteiger partial charge is 0.332 e. The third-order valence-electron chi connectivity index (χ3n) is 4.27. The number of aromatic nitrogens is 4. The summed E-state index contributed by atoms with van der Waals surface area (Å²) in [6, 6.07) is 14.8. The molecule has 10 heteroatoms. The van der Waals surface area contributed by atoms with Crippen molar-refractivity contribution in [3.63, 3.8) is 0 Å².